The summed E-state index contributed by atoms with van der Waals surface area (Å²) in [5.41, 5.74) is 8.50. The number of methoxy groups -OCH3 is 1. The maximum atomic E-state index is 13.9. The number of rotatable bonds is 33. The molecule has 25 heteroatoms. The highest BCUT2D eigenvalue weighted by atomic mass is 16.7. The number of hydrogen-bond acceptors (Lipinski definition) is 18. The second kappa shape index (κ2) is 33.9. The summed E-state index contributed by atoms with van der Waals surface area (Å²) in [6.45, 7) is 19.0. The molecule has 8 amide bonds. The van der Waals surface area contributed by atoms with Crippen molar-refractivity contribution in [1.82, 2.24) is 26.2 Å². The van der Waals surface area contributed by atoms with Crippen LogP contribution in [0.4, 0.5) is 15.3 Å². The number of carbonyl (C=O) groups is 8. The number of primary amides is 1. The number of aliphatic hydroxyl groups excluding tert-OH is 1. The van der Waals surface area contributed by atoms with Crippen molar-refractivity contribution in [1.29, 1.82) is 0 Å². The van der Waals surface area contributed by atoms with Crippen LogP contribution in [0.25, 0.3) is 0 Å². The maximum absolute atomic E-state index is 13.9. The predicted octanol–water partition coefficient (Wildman–Crippen LogP) is 6.41. The number of unbranched alkanes of at least 4 members (excludes halogenated alkanes) is 2. The molecule has 8 N–H and O–H groups in total. The van der Waals surface area contributed by atoms with Crippen molar-refractivity contribution >= 4 is 53.1 Å². The fraction of sp³-hybridized carbons (Fsp3) is 0.714. The summed E-state index contributed by atoms with van der Waals surface area (Å²) in [6.07, 6.45) is 9.41. The predicted molar refractivity (Wildman–Crippen MR) is 348 cm³/mol. The quantitative estimate of drug-likeness (QED) is 0.0227. The van der Waals surface area contributed by atoms with E-state index in [1.807, 2.05) is 0 Å². The van der Waals surface area contributed by atoms with E-state index >= 15 is 0 Å². The molecule has 526 valence electrons. The van der Waals surface area contributed by atoms with E-state index in [4.69, 9.17) is 48.4 Å². The van der Waals surface area contributed by atoms with Crippen LogP contribution in [0.3, 0.4) is 0 Å². The third-order valence-corrected chi connectivity index (χ3v) is 20.3. The summed E-state index contributed by atoms with van der Waals surface area (Å²) < 4.78 is 57.9. The third-order valence-electron chi connectivity index (χ3n) is 20.3. The Bertz CT molecular complexity index is 2880. The van der Waals surface area contributed by atoms with Crippen molar-refractivity contribution < 1.29 is 86.1 Å². The number of carbonyl (C=O) groups excluding carboxylic acids is 8. The zero-order valence-corrected chi connectivity index (χ0v) is 56.2. The van der Waals surface area contributed by atoms with Crippen molar-refractivity contribution in [2.24, 2.45) is 29.4 Å². The molecule has 7 fully saturated rings. The Morgan fingerprint density at radius 1 is 0.811 bits per heavy atom. The van der Waals surface area contributed by atoms with E-state index in [1.165, 1.54) is 17.7 Å². The van der Waals surface area contributed by atoms with Crippen molar-refractivity contribution in [2.75, 3.05) is 38.7 Å². The van der Waals surface area contributed by atoms with E-state index in [9.17, 15) is 43.5 Å². The van der Waals surface area contributed by atoms with Gasteiger partial charge in [-0.05, 0) is 125 Å². The van der Waals surface area contributed by atoms with Gasteiger partial charge in [-0.2, -0.15) is 0 Å². The number of ketones is 1. The first-order valence-corrected chi connectivity index (χ1v) is 34.6. The lowest BCUT2D eigenvalue weighted by Gasteiger charge is -2.50. The molecule has 25 nitrogen and oxygen atoms in total. The molecule has 19 atom stereocenters. The number of urea groups is 1. The largest absolute Gasteiger partial charge is 0.445 e. The minimum absolute atomic E-state index is 0.00696. The normalized spacial score (nSPS) is 31.9. The van der Waals surface area contributed by atoms with Crippen LogP contribution in [0.1, 0.15) is 162 Å². The molecule has 1 aromatic carbocycles. The first-order valence-electron chi connectivity index (χ1n) is 34.6. The highest BCUT2D eigenvalue weighted by Crippen LogP contribution is 2.50. The number of fused-ring (bicyclic) bond motifs is 7. The summed E-state index contributed by atoms with van der Waals surface area (Å²) in [7, 11) is 1.56. The maximum Gasteiger partial charge on any atom is 0.407 e. The van der Waals surface area contributed by atoms with E-state index < -0.39 is 60.1 Å². The van der Waals surface area contributed by atoms with E-state index in [-0.39, 0.29) is 174 Å². The molecular formula is C70H103N7O18. The van der Waals surface area contributed by atoms with Gasteiger partial charge >= 0.3 is 12.1 Å². The van der Waals surface area contributed by atoms with Crippen molar-refractivity contribution in [2.45, 2.75) is 260 Å². The molecule has 0 spiro atoms. The molecule has 9 rings (SSSR count). The van der Waals surface area contributed by atoms with Gasteiger partial charge < -0.3 is 80.1 Å². The number of alkyl carbamates (subject to hydrolysis) is 1. The van der Waals surface area contributed by atoms with Crippen LogP contribution in [-0.2, 0) is 78.0 Å². The Kier molecular flexibility index (Phi) is 26.1. The average Bonchev–Trinajstić information content (AvgIpc) is 1.61. The molecular weight excluding hydrogens is 1230 g/mol. The van der Waals surface area contributed by atoms with Gasteiger partial charge in [-0.1, -0.05) is 59.4 Å². The zero-order chi connectivity index (χ0) is 68.1. The fourth-order valence-corrected chi connectivity index (χ4v) is 14.9. The van der Waals surface area contributed by atoms with Gasteiger partial charge in [0.1, 0.15) is 30.6 Å². The van der Waals surface area contributed by atoms with E-state index in [1.54, 1.807) is 45.2 Å². The SMILES string of the molecule is C=C1C[C@H](CC[C@]23CC[C@H](O2)C2O[C@H]4CC[C@H](CC(=O)C[C@H]5CO[C@H](C[C@H](O)CNC(=O)OCc6ccc(NC(=O)[C@H](CCCNC(N)=O)NC(=O)[C@@H](NC(=O)CCCCCN7C(=O)C=CC7=O)C(C)C)cc6)[C@@H]5OC)O[C@@H]4[C@H](O3)[C@@H]2C)O[C@H]1CC[C@H]1C[C@@H](C)C(=C)[C@@H](C)O1. The smallest absolute Gasteiger partial charge is 0.407 e. The number of nitrogens with two attached hydrogens (primary N) is 1. The standard InChI is InChI=1S/C70H103N7O18/c1-39(2)61(76-58(80)14-10-9-11-30-77-59(81)23-24-60(77)82)67(84)75-53(13-12-29-72-68(71)85)66(83)74-47-17-15-45(16-18-47)37-89-69(86)73-36-49(79)35-57-64(87-8)46(38-88-57)33-48(78)34-51-20-22-55-65(92-51)63-43(6)62(93-55)56-26-28-70(94-56,95-63)27-25-52-32-41(4)54(91-52)21-19-50-31-40(3)42(5)44(7)90-50/h15-18,23-24,39-40,43-44,46,49-57,61-65,79H,4-5,9-14,19-22,25-38H2,1-3,6-8H3,(H,73,86)(H,74,83)(H,75,84)(H,76,80)(H3,71,72,85)/t40-,43-,44-,46+,49+,50+,51-,52+,53+,54+,55+,56+,57-,61+,62?,63-,64-,65+,70+/m1/s1. The molecule has 8 aliphatic rings. The summed E-state index contributed by atoms with van der Waals surface area (Å²) in [5.74, 6) is -3.11. The molecule has 8 heterocycles. The van der Waals surface area contributed by atoms with Gasteiger partial charge in [0.25, 0.3) is 11.8 Å². The Hall–Kier alpha value is -6.16. The molecule has 1 aromatic rings. The molecule has 4 bridgehead atoms. The van der Waals surface area contributed by atoms with Crippen molar-refractivity contribution in [3.05, 3.63) is 66.3 Å². The lowest BCUT2D eigenvalue weighted by atomic mass is 9.80. The van der Waals surface area contributed by atoms with Crippen LogP contribution in [0, 0.1) is 23.7 Å². The van der Waals surface area contributed by atoms with Crippen LogP contribution in [0.2, 0.25) is 0 Å². The molecule has 95 heavy (non-hydrogen) atoms. The van der Waals surface area contributed by atoms with Gasteiger partial charge in [-0.3, -0.25) is 33.7 Å². The Labute approximate surface area is 558 Å². The number of nitrogens with zero attached hydrogens (tertiary/aromatic N) is 1. The summed E-state index contributed by atoms with van der Waals surface area (Å²) in [5, 5.41) is 24.4. The van der Waals surface area contributed by atoms with Crippen molar-refractivity contribution in [3.8, 4) is 0 Å². The van der Waals surface area contributed by atoms with E-state index in [0.717, 1.165) is 61.8 Å². The van der Waals surface area contributed by atoms with E-state index in [0.29, 0.717) is 49.3 Å². The molecule has 7 saturated heterocycles. The minimum Gasteiger partial charge on any atom is -0.445 e. The average molecular weight is 1330 g/mol. The first-order chi connectivity index (χ1) is 45.4. The van der Waals surface area contributed by atoms with E-state index in [2.05, 4.69) is 60.5 Å². The van der Waals surface area contributed by atoms with Crippen LogP contribution in [0.15, 0.2) is 60.7 Å². The number of hydrogen-bond donors (Lipinski definition) is 7. The molecule has 0 radical (unpaired) electrons. The van der Waals surface area contributed by atoms with Gasteiger partial charge in [0, 0.05) is 94.9 Å². The summed E-state index contributed by atoms with van der Waals surface area (Å²) >= 11 is 0. The van der Waals surface area contributed by atoms with Crippen molar-refractivity contribution in [3.63, 3.8) is 0 Å². The topological polar surface area (TPSA) is 329 Å². The van der Waals surface area contributed by atoms with Gasteiger partial charge in [-0.25, -0.2) is 9.59 Å². The number of ether oxygens (including phenoxy) is 9. The van der Waals surface area contributed by atoms with Crippen LogP contribution >= 0.6 is 0 Å². The first kappa shape index (κ1) is 73.1. The van der Waals surface area contributed by atoms with Gasteiger partial charge in [0.15, 0.2) is 5.79 Å². The third kappa shape index (κ3) is 19.8. The highest BCUT2D eigenvalue weighted by Gasteiger charge is 2.59. The zero-order valence-electron chi connectivity index (χ0n) is 56.2. The number of aliphatic hydroxyl groups is 1. The Morgan fingerprint density at radius 3 is 2.31 bits per heavy atom. The summed E-state index contributed by atoms with van der Waals surface area (Å²) in [6, 6.07) is 3.70. The highest BCUT2D eigenvalue weighted by molar-refractivity contribution is 6.12. The second-order valence-corrected chi connectivity index (χ2v) is 27.9. The number of anilines is 1. The molecule has 0 aliphatic carbocycles. The second-order valence-electron chi connectivity index (χ2n) is 27.9. The molecule has 0 aromatic heterocycles. The van der Waals surface area contributed by atoms with Gasteiger partial charge in [0.05, 0.1) is 79.9 Å². The minimum atomic E-state index is -1.08. The van der Waals surface area contributed by atoms with Gasteiger partial charge in [-0.15, -0.1) is 0 Å². The monoisotopic (exact) mass is 1330 g/mol. The number of amides is 8. The number of Topliss-reactive ketones (excluding diaryl/α,β-unsaturated/α-hetero) is 1. The van der Waals surface area contributed by atoms with Crippen LogP contribution in [0.5, 0.6) is 0 Å². The fourth-order valence-electron chi connectivity index (χ4n) is 14.9. The number of benzene rings is 1. The van der Waals surface area contributed by atoms with Crippen LogP contribution in [-0.4, -0.2) is 188 Å². The lowest BCUT2D eigenvalue weighted by molar-refractivity contribution is -0.288. The molecule has 8 aliphatic heterocycles. The number of nitrogens with one attached hydrogen (secondary N) is 5. The Balaban J connectivity index is 0.670. The van der Waals surface area contributed by atoms with Gasteiger partial charge in [0.2, 0.25) is 17.7 Å². The number of imide groups is 1. The molecule has 1 unspecified atom stereocenters. The molecule has 0 saturated carbocycles. The lowest BCUT2D eigenvalue weighted by Crippen LogP contribution is -2.60. The van der Waals surface area contributed by atoms with Crippen LogP contribution < -0.4 is 32.3 Å². The Morgan fingerprint density at radius 2 is 1.58 bits per heavy atom. The summed E-state index contributed by atoms with van der Waals surface area (Å²) in [4.78, 5) is 103.